The van der Waals surface area contributed by atoms with Crippen LogP contribution in [0.2, 0.25) is 0 Å². The molecule has 6 rings (SSSR count). The molecule has 29 heavy (non-hydrogen) atoms. The molecule has 0 saturated carbocycles. The molecule has 3 N–H and O–H groups in total. The quantitative estimate of drug-likeness (QED) is 0.311. The first-order chi connectivity index (χ1) is 14.3. The van der Waals surface area contributed by atoms with E-state index in [9.17, 15) is 0 Å². The molecule has 6 aromatic rings. The summed E-state index contributed by atoms with van der Waals surface area (Å²) in [6.07, 6.45) is 6.52. The van der Waals surface area contributed by atoms with E-state index in [1.807, 2.05) is 0 Å². The van der Waals surface area contributed by atoms with Crippen LogP contribution in [0.15, 0.2) is 85.3 Å². The van der Waals surface area contributed by atoms with Crippen molar-refractivity contribution in [3.05, 3.63) is 108 Å². The SMILES string of the molecule is Cc1ccc2c(C(c3c[nH]c4ccccc34)c3c[nH]c4ccccc34)c[nH]c2c1. The first-order valence-corrected chi connectivity index (χ1v) is 9.99. The lowest BCUT2D eigenvalue weighted by Gasteiger charge is -2.16. The highest BCUT2D eigenvalue weighted by Crippen LogP contribution is 2.41. The highest BCUT2D eigenvalue weighted by molar-refractivity contribution is 5.92. The Morgan fingerprint density at radius 1 is 0.552 bits per heavy atom. The zero-order chi connectivity index (χ0) is 19.4. The van der Waals surface area contributed by atoms with Crippen molar-refractivity contribution in [2.24, 2.45) is 0 Å². The van der Waals surface area contributed by atoms with E-state index in [-0.39, 0.29) is 5.92 Å². The van der Waals surface area contributed by atoms with E-state index in [0.29, 0.717) is 0 Å². The molecule has 0 atom stereocenters. The van der Waals surface area contributed by atoms with Crippen molar-refractivity contribution in [3.63, 3.8) is 0 Å². The van der Waals surface area contributed by atoms with E-state index in [1.54, 1.807) is 0 Å². The molecule has 0 bridgehead atoms. The Labute approximate surface area is 168 Å². The molecule has 3 heterocycles. The van der Waals surface area contributed by atoms with Gasteiger partial charge in [0.15, 0.2) is 0 Å². The maximum Gasteiger partial charge on any atom is 0.0459 e. The van der Waals surface area contributed by atoms with E-state index in [0.717, 1.165) is 0 Å². The van der Waals surface area contributed by atoms with E-state index in [2.05, 4.69) is 107 Å². The average Bonchev–Trinajstić information content (AvgIpc) is 3.47. The number of rotatable bonds is 3. The van der Waals surface area contributed by atoms with Crippen LogP contribution in [0.5, 0.6) is 0 Å². The number of para-hydroxylation sites is 2. The predicted octanol–water partition coefficient (Wildman–Crippen LogP) is 6.62. The number of benzene rings is 3. The molecule has 0 aliphatic heterocycles. The van der Waals surface area contributed by atoms with Crippen LogP contribution in [0.25, 0.3) is 32.7 Å². The van der Waals surface area contributed by atoms with Crippen LogP contribution >= 0.6 is 0 Å². The second kappa shape index (κ2) is 6.14. The Balaban J connectivity index is 1.68. The fourth-order valence-electron chi connectivity index (χ4n) is 4.67. The largest absolute Gasteiger partial charge is 0.361 e. The van der Waals surface area contributed by atoms with Gasteiger partial charge < -0.3 is 15.0 Å². The molecule has 0 amide bonds. The lowest BCUT2D eigenvalue weighted by molar-refractivity contribution is 1.01. The van der Waals surface area contributed by atoms with Gasteiger partial charge in [0, 0.05) is 57.2 Å². The highest BCUT2D eigenvalue weighted by Gasteiger charge is 2.25. The van der Waals surface area contributed by atoms with Crippen LogP contribution in [-0.4, -0.2) is 15.0 Å². The molecule has 0 spiro atoms. The summed E-state index contributed by atoms with van der Waals surface area (Å²) in [7, 11) is 0. The smallest absolute Gasteiger partial charge is 0.0459 e. The third-order valence-electron chi connectivity index (χ3n) is 6.04. The lowest BCUT2D eigenvalue weighted by Crippen LogP contribution is -2.01. The van der Waals surface area contributed by atoms with E-state index in [1.165, 1.54) is 55.0 Å². The summed E-state index contributed by atoms with van der Waals surface area (Å²) >= 11 is 0. The van der Waals surface area contributed by atoms with Crippen molar-refractivity contribution in [1.82, 2.24) is 15.0 Å². The molecule has 0 radical (unpaired) electrons. The topological polar surface area (TPSA) is 47.4 Å². The first kappa shape index (κ1) is 16.3. The Morgan fingerprint density at radius 2 is 1.03 bits per heavy atom. The third-order valence-corrected chi connectivity index (χ3v) is 6.04. The minimum absolute atomic E-state index is 0.124. The number of aromatic nitrogens is 3. The van der Waals surface area contributed by atoms with Crippen molar-refractivity contribution in [3.8, 4) is 0 Å². The molecule has 140 valence electrons. The molecule has 3 aromatic heterocycles. The maximum atomic E-state index is 3.51. The van der Waals surface area contributed by atoms with Crippen molar-refractivity contribution in [1.29, 1.82) is 0 Å². The third kappa shape index (κ3) is 2.44. The van der Waals surface area contributed by atoms with Crippen LogP contribution < -0.4 is 0 Å². The van der Waals surface area contributed by atoms with Crippen LogP contribution in [0.3, 0.4) is 0 Å². The zero-order valence-electron chi connectivity index (χ0n) is 16.2. The van der Waals surface area contributed by atoms with Crippen LogP contribution in [0, 0.1) is 6.92 Å². The van der Waals surface area contributed by atoms with Gasteiger partial charge in [-0.25, -0.2) is 0 Å². The van der Waals surface area contributed by atoms with Gasteiger partial charge in [0.05, 0.1) is 0 Å². The molecule has 3 heteroatoms. The lowest BCUT2D eigenvalue weighted by atomic mass is 9.84. The van der Waals surface area contributed by atoms with Gasteiger partial charge in [-0.3, -0.25) is 0 Å². The van der Waals surface area contributed by atoms with E-state index >= 15 is 0 Å². The summed E-state index contributed by atoms with van der Waals surface area (Å²) in [6.45, 7) is 2.14. The van der Waals surface area contributed by atoms with Gasteiger partial charge in [-0.15, -0.1) is 0 Å². The standard InChI is InChI=1S/C26H21N3/c1-16-10-11-19-22(15-29-25(19)12-16)26(20-13-27-23-8-4-2-6-17(20)23)21-14-28-24-9-5-3-7-18(21)24/h2-15,26-29H,1H3. The molecule has 3 aromatic carbocycles. The van der Waals surface area contributed by atoms with Gasteiger partial charge in [0.1, 0.15) is 0 Å². The number of nitrogens with one attached hydrogen (secondary N) is 3. The molecule has 0 unspecified atom stereocenters. The van der Waals surface area contributed by atoms with E-state index in [4.69, 9.17) is 0 Å². The van der Waals surface area contributed by atoms with Gasteiger partial charge in [-0.2, -0.15) is 0 Å². The first-order valence-electron chi connectivity index (χ1n) is 9.99. The number of fused-ring (bicyclic) bond motifs is 3. The molecule has 0 aliphatic rings. The van der Waals surface area contributed by atoms with Gasteiger partial charge >= 0.3 is 0 Å². The Bertz CT molecular complexity index is 1400. The Hall–Kier alpha value is -3.72. The minimum atomic E-state index is 0.124. The number of hydrogen-bond donors (Lipinski definition) is 3. The number of H-pyrrole nitrogens is 3. The minimum Gasteiger partial charge on any atom is -0.361 e. The monoisotopic (exact) mass is 375 g/mol. The number of aryl methyl sites for hydroxylation is 1. The Kier molecular flexibility index (Phi) is 3.44. The average molecular weight is 375 g/mol. The molecular formula is C26H21N3. The van der Waals surface area contributed by atoms with Crippen molar-refractivity contribution in [2.45, 2.75) is 12.8 Å². The van der Waals surface area contributed by atoms with Crippen molar-refractivity contribution >= 4 is 32.7 Å². The second-order valence-corrected chi connectivity index (χ2v) is 7.81. The van der Waals surface area contributed by atoms with Gasteiger partial charge in [0.25, 0.3) is 0 Å². The molecule has 0 saturated heterocycles. The second-order valence-electron chi connectivity index (χ2n) is 7.81. The fourth-order valence-corrected chi connectivity index (χ4v) is 4.67. The van der Waals surface area contributed by atoms with Crippen LogP contribution in [0.1, 0.15) is 28.2 Å². The molecule has 0 aliphatic carbocycles. The summed E-state index contributed by atoms with van der Waals surface area (Å²) in [5, 5.41) is 3.81. The fraction of sp³-hybridized carbons (Fsp3) is 0.0769. The summed E-state index contributed by atoms with van der Waals surface area (Å²) in [4.78, 5) is 10.5. The van der Waals surface area contributed by atoms with E-state index < -0.39 is 0 Å². The number of aromatic amines is 3. The maximum absolute atomic E-state index is 3.51. The predicted molar refractivity (Wildman–Crippen MR) is 121 cm³/mol. The van der Waals surface area contributed by atoms with Gasteiger partial charge in [-0.1, -0.05) is 48.5 Å². The zero-order valence-corrected chi connectivity index (χ0v) is 16.2. The van der Waals surface area contributed by atoms with Crippen LogP contribution in [0.4, 0.5) is 0 Å². The normalized spacial score (nSPS) is 11.9. The summed E-state index contributed by atoms with van der Waals surface area (Å²) in [6, 6.07) is 23.8. The van der Waals surface area contributed by atoms with Crippen molar-refractivity contribution in [2.75, 3.05) is 0 Å². The molecule has 0 fully saturated rings. The molecule has 3 nitrogen and oxygen atoms in total. The summed E-state index contributed by atoms with van der Waals surface area (Å²) in [5.41, 5.74) is 8.69. The van der Waals surface area contributed by atoms with Crippen molar-refractivity contribution < 1.29 is 0 Å². The highest BCUT2D eigenvalue weighted by atomic mass is 14.7. The Morgan fingerprint density at radius 3 is 1.62 bits per heavy atom. The summed E-state index contributed by atoms with van der Waals surface area (Å²) in [5.74, 6) is 0.124. The van der Waals surface area contributed by atoms with Gasteiger partial charge in [-0.05, 0) is 47.4 Å². The van der Waals surface area contributed by atoms with Gasteiger partial charge in [0.2, 0.25) is 0 Å². The molecular weight excluding hydrogens is 354 g/mol. The number of hydrogen-bond acceptors (Lipinski definition) is 0. The van der Waals surface area contributed by atoms with Crippen LogP contribution in [-0.2, 0) is 0 Å². The summed E-state index contributed by atoms with van der Waals surface area (Å²) < 4.78 is 0.